The van der Waals surface area contributed by atoms with Crippen molar-refractivity contribution in [1.29, 1.82) is 0 Å². The molecule has 1 aliphatic carbocycles. The minimum atomic E-state index is -0.525. The van der Waals surface area contributed by atoms with Crippen LogP contribution in [0.1, 0.15) is 24.8 Å². The van der Waals surface area contributed by atoms with Crippen molar-refractivity contribution in [3.63, 3.8) is 0 Å². The second-order valence-corrected chi connectivity index (χ2v) is 6.46. The smallest absolute Gasteiger partial charge is 0.410 e. The lowest BCUT2D eigenvalue weighted by molar-refractivity contribution is -0.124. The summed E-state index contributed by atoms with van der Waals surface area (Å²) >= 11 is 0. The Morgan fingerprint density at radius 1 is 1.25 bits per heavy atom. The van der Waals surface area contributed by atoms with Crippen LogP contribution in [0, 0.1) is 5.92 Å². The number of benzene rings is 1. The van der Waals surface area contributed by atoms with E-state index < -0.39 is 12.1 Å². The van der Waals surface area contributed by atoms with Crippen molar-refractivity contribution in [2.75, 3.05) is 20.2 Å². The number of nitrogens with zero attached hydrogens (tertiary/aromatic N) is 1. The van der Waals surface area contributed by atoms with Gasteiger partial charge < -0.3 is 14.8 Å². The molecule has 0 aromatic heterocycles. The first-order valence-electron chi connectivity index (χ1n) is 8.48. The molecule has 1 aromatic carbocycles. The number of likely N-dealkylation sites (tertiary alicyclic amines) is 1. The highest BCUT2D eigenvalue weighted by molar-refractivity contribution is 5.86. The Hall–Kier alpha value is -2.08. The topological polar surface area (TPSA) is 67.9 Å². The maximum Gasteiger partial charge on any atom is 0.410 e. The normalized spacial score (nSPS) is 23.1. The molecule has 2 aliphatic rings. The van der Waals surface area contributed by atoms with Gasteiger partial charge in [-0.1, -0.05) is 30.3 Å². The molecule has 24 heavy (non-hydrogen) atoms. The number of carbonyl (C=O) groups is 2. The fourth-order valence-electron chi connectivity index (χ4n) is 2.89. The third-order valence-electron chi connectivity index (χ3n) is 4.52. The summed E-state index contributed by atoms with van der Waals surface area (Å²) in [6, 6.07) is 8.98. The van der Waals surface area contributed by atoms with Crippen LogP contribution in [0.15, 0.2) is 30.3 Å². The van der Waals surface area contributed by atoms with Gasteiger partial charge in [0.15, 0.2) is 0 Å². The van der Waals surface area contributed by atoms with Crippen LogP contribution in [0.4, 0.5) is 4.79 Å². The zero-order chi connectivity index (χ0) is 16.9. The van der Waals surface area contributed by atoms with Crippen molar-refractivity contribution in [3.05, 3.63) is 35.9 Å². The number of ether oxygens (including phenoxy) is 2. The first-order chi connectivity index (χ1) is 11.7. The van der Waals surface area contributed by atoms with E-state index in [9.17, 15) is 9.59 Å². The molecule has 1 heterocycles. The predicted molar refractivity (Wildman–Crippen MR) is 88.3 cm³/mol. The number of amides is 2. The predicted octanol–water partition coefficient (Wildman–Crippen LogP) is 1.94. The van der Waals surface area contributed by atoms with Crippen molar-refractivity contribution < 1.29 is 19.1 Å². The van der Waals surface area contributed by atoms with Gasteiger partial charge >= 0.3 is 6.09 Å². The van der Waals surface area contributed by atoms with E-state index in [4.69, 9.17) is 9.47 Å². The molecule has 2 amide bonds. The monoisotopic (exact) mass is 332 g/mol. The highest BCUT2D eigenvalue weighted by Gasteiger charge is 2.41. The average Bonchev–Trinajstić information content (AvgIpc) is 3.35. The lowest BCUT2D eigenvalue weighted by Gasteiger charge is -2.22. The summed E-state index contributed by atoms with van der Waals surface area (Å²) in [5.41, 5.74) is 0.920. The maximum atomic E-state index is 12.4. The summed E-state index contributed by atoms with van der Waals surface area (Å²) in [7, 11) is 1.58. The van der Waals surface area contributed by atoms with E-state index in [2.05, 4.69) is 5.32 Å². The minimum Gasteiger partial charge on any atom is -0.445 e. The van der Waals surface area contributed by atoms with Crippen LogP contribution in [0.2, 0.25) is 0 Å². The largest absolute Gasteiger partial charge is 0.445 e. The van der Waals surface area contributed by atoms with Gasteiger partial charge in [-0.05, 0) is 24.3 Å². The Labute approximate surface area is 142 Å². The van der Waals surface area contributed by atoms with E-state index in [0.717, 1.165) is 12.2 Å². The summed E-state index contributed by atoms with van der Waals surface area (Å²) in [5, 5.41) is 2.62. The Morgan fingerprint density at radius 2 is 2.00 bits per heavy atom. The Morgan fingerprint density at radius 3 is 2.67 bits per heavy atom. The number of rotatable bonds is 6. The molecule has 2 fully saturated rings. The number of nitrogens with one attached hydrogen (secondary N) is 1. The fourth-order valence-corrected chi connectivity index (χ4v) is 2.89. The van der Waals surface area contributed by atoms with Gasteiger partial charge in [0, 0.05) is 20.1 Å². The van der Waals surface area contributed by atoms with E-state index in [1.807, 2.05) is 30.3 Å². The van der Waals surface area contributed by atoms with E-state index in [0.29, 0.717) is 18.9 Å². The molecule has 2 atom stereocenters. The van der Waals surface area contributed by atoms with Crippen LogP contribution < -0.4 is 5.32 Å². The molecule has 1 saturated heterocycles. The highest BCUT2D eigenvalue weighted by Crippen LogP contribution is 2.31. The molecular weight excluding hydrogens is 308 g/mol. The number of carbonyl (C=O) groups excluding carboxylic acids is 2. The summed E-state index contributed by atoms with van der Waals surface area (Å²) in [4.78, 5) is 26.0. The molecule has 0 spiro atoms. The average molecular weight is 332 g/mol. The molecular formula is C18H24N2O4. The van der Waals surface area contributed by atoms with Gasteiger partial charge in [0.2, 0.25) is 5.91 Å². The Kier molecular flexibility index (Phi) is 5.35. The van der Waals surface area contributed by atoms with Gasteiger partial charge in [0.1, 0.15) is 12.6 Å². The number of hydrogen-bond donors (Lipinski definition) is 1. The van der Waals surface area contributed by atoms with Crippen molar-refractivity contribution in [1.82, 2.24) is 10.2 Å². The molecule has 1 N–H and O–H groups in total. The van der Waals surface area contributed by atoms with Gasteiger partial charge in [-0.2, -0.15) is 0 Å². The lowest BCUT2D eigenvalue weighted by atomic mass is 10.2. The second kappa shape index (κ2) is 7.66. The van der Waals surface area contributed by atoms with Gasteiger partial charge in [0.05, 0.1) is 12.6 Å². The van der Waals surface area contributed by atoms with Crippen LogP contribution in [0.3, 0.4) is 0 Å². The Balaban J connectivity index is 1.57. The third-order valence-corrected chi connectivity index (χ3v) is 4.52. The molecule has 1 aliphatic heterocycles. The first kappa shape index (κ1) is 16.8. The van der Waals surface area contributed by atoms with Crippen LogP contribution >= 0.6 is 0 Å². The van der Waals surface area contributed by atoms with Crippen molar-refractivity contribution >= 4 is 12.0 Å². The van der Waals surface area contributed by atoms with Crippen LogP contribution in [0.25, 0.3) is 0 Å². The van der Waals surface area contributed by atoms with Gasteiger partial charge in [-0.25, -0.2) is 4.79 Å². The van der Waals surface area contributed by atoms with Crippen molar-refractivity contribution in [2.45, 2.75) is 38.0 Å². The van der Waals surface area contributed by atoms with E-state index >= 15 is 0 Å². The summed E-state index contributed by atoms with van der Waals surface area (Å²) in [5.74, 6) is 0.478. The minimum absolute atomic E-state index is 0.0998. The maximum absolute atomic E-state index is 12.4. The molecule has 130 valence electrons. The van der Waals surface area contributed by atoms with Crippen LogP contribution in [-0.4, -0.2) is 49.2 Å². The summed E-state index contributed by atoms with van der Waals surface area (Å²) in [6.45, 7) is 1.32. The number of hydrogen-bond acceptors (Lipinski definition) is 4. The molecule has 1 saturated carbocycles. The quantitative estimate of drug-likeness (QED) is 0.864. The zero-order valence-electron chi connectivity index (χ0n) is 13.9. The summed E-state index contributed by atoms with van der Waals surface area (Å²) < 4.78 is 11.2. The molecule has 6 nitrogen and oxygen atoms in total. The molecule has 0 bridgehead atoms. The number of likely N-dealkylation sites (N-methyl/N-ethyl adjacent to an activating group) is 1. The fraction of sp³-hybridized carbons (Fsp3) is 0.556. The van der Waals surface area contributed by atoms with Crippen LogP contribution in [0.5, 0.6) is 0 Å². The standard InChI is InChI=1S/C18H24N2O4/c1-19-17(21)16-9-15(23-11-14-7-8-14)10-20(16)18(22)24-12-13-5-3-2-4-6-13/h2-6,14-16H,7-12H2,1H3,(H,19,21)/t15-,16+/m1/s1. The molecule has 3 rings (SSSR count). The zero-order valence-corrected chi connectivity index (χ0v) is 13.9. The molecule has 1 aromatic rings. The van der Waals surface area contributed by atoms with Crippen molar-refractivity contribution in [3.8, 4) is 0 Å². The highest BCUT2D eigenvalue weighted by atomic mass is 16.6. The van der Waals surface area contributed by atoms with Gasteiger partial charge in [-0.3, -0.25) is 9.69 Å². The molecule has 0 unspecified atom stereocenters. The third kappa shape index (κ3) is 4.26. The van der Waals surface area contributed by atoms with E-state index in [-0.39, 0.29) is 18.6 Å². The Bertz CT molecular complexity index is 574. The van der Waals surface area contributed by atoms with Crippen molar-refractivity contribution in [2.24, 2.45) is 5.92 Å². The lowest BCUT2D eigenvalue weighted by Crippen LogP contribution is -2.45. The van der Waals surface area contributed by atoms with Gasteiger partial charge in [-0.15, -0.1) is 0 Å². The summed E-state index contributed by atoms with van der Waals surface area (Å²) in [6.07, 6.45) is 2.39. The van der Waals surface area contributed by atoms with Gasteiger partial charge in [0.25, 0.3) is 0 Å². The SMILES string of the molecule is CNC(=O)[C@@H]1C[C@@H](OCC2CC2)CN1C(=O)OCc1ccccc1. The molecule has 0 radical (unpaired) electrons. The molecule has 6 heteroatoms. The second-order valence-electron chi connectivity index (χ2n) is 6.46. The van der Waals surface area contributed by atoms with Crippen LogP contribution in [-0.2, 0) is 20.9 Å². The van der Waals surface area contributed by atoms with E-state index in [1.165, 1.54) is 17.7 Å². The van der Waals surface area contributed by atoms with E-state index in [1.54, 1.807) is 7.05 Å². The first-order valence-corrected chi connectivity index (χ1v) is 8.48.